The minimum Gasteiger partial charge on any atom is -0.347 e. The SMILES string of the molecule is CN1CCN(S(=O)(=O)Cc2ccccc2C(F)(F)F)C[C@@H]1c1ncc[nH]1. The first-order valence-corrected chi connectivity index (χ1v) is 9.62. The number of alkyl halides is 3. The van der Waals surface area contributed by atoms with Gasteiger partial charge in [0.05, 0.1) is 17.4 Å². The summed E-state index contributed by atoms with van der Waals surface area (Å²) >= 11 is 0. The van der Waals surface area contributed by atoms with Crippen LogP contribution >= 0.6 is 0 Å². The van der Waals surface area contributed by atoms with E-state index in [-0.39, 0.29) is 24.7 Å². The molecule has 1 aromatic carbocycles. The van der Waals surface area contributed by atoms with Gasteiger partial charge in [-0.2, -0.15) is 17.5 Å². The van der Waals surface area contributed by atoms with E-state index in [0.29, 0.717) is 12.4 Å². The topological polar surface area (TPSA) is 69.3 Å². The molecule has 26 heavy (non-hydrogen) atoms. The number of piperazine rings is 1. The molecule has 2 heterocycles. The number of hydrogen-bond acceptors (Lipinski definition) is 4. The molecule has 6 nitrogen and oxygen atoms in total. The van der Waals surface area contributed by atoms with Crippen LogP contribution in [0.3, 0.4) is 0 Å². The third-order valence-corrected chi connectivity index (χ3v) is 6.29. The van der Waals surface area contributed by atoms with Crippen LogP contribution in [0.1, 0.15) is 23.0 Å². The molecule has 1 aliphatic rings. The quantitative estimate of drug-likeness (QED) is 0.872. The van der Waals surface area contributed by atoms with E-state index < -0.39 is 27.5 Å². The van der Waals surface area contributed by atoms with E-state index in [1.165, 1.54) is 22.5 Å². The molecule has 142 valence electrons. The van der Waals surface area contributed by atoms with Crippen LogP contribution in [0.2, 0.25) is 0 Å². The molecule has 1 saturated heterocycles. The highest BCUT2D eigenvalue weighted by Gasteiger charge is 2.37. The van der Waals surface area contributed by atoms with Crippen LogP contribution in [0.15, 0.2) is 36.7 Å². The summed E-state index contributed by atoms with van der Waals surface area (Å²) in [5, 5.41) is 0. The van der Waals surface area contributed by atoms with Gasteiger partial charge in [0.15, 0.2) is 0 Å². The Hall–Kier alpha value is -1.91. The van der Waals surface area contributed by atoms with E-state index >= 15 is 0 Å². The number of rotatable bonds is 4. The number of nitrogens with zero attached hydrogens (tertiary/aromatic N) is 3. The average molecular weight is 388 g/mol. The minimum atomic E-state index is -4.59. The molecule has 1 aromatic heterocycles. The maximum atomic E-state index is 13.1. The van der Waals surface area contributed by atoms with Gasteiger partial charge >= 0.3 is 6.18 Å². The molecule has 0 amide bonds. The second kappa shape index (κ2) is 7.01. The van der Waals surface area contributed by atoms with Crippen LogP contribution in [0.5, 0.6) is 0 Å². The number of halogens is 3. The van der Waals surface area contributed by atoms with Gasteiger partial charge in [-0.05, 0) is 18.7 Å². The summed E-state index contributed by atoms with van der Waals surface area (Å²) in [6.45, 7) is 0.830. The van der Waals surface area contributed by atoms with Crippen molar-refractivity contribution in [1.82, 2.24) is 19.2 Å². The van der Waals surface area contributed by atoms with Crippen molar-refractivity contribution in [2.24, 2.45) is 0 Å². The maximum Gasteiger partial charge on any atom is 0.416 e. The highest BCUT2D eigenvalue weighted by Crippen LogP contribution is 2.33. The molecular weight excluding hydrogens is 369 g/mol. The lowest BCUT2D eigenvalue weighted by atomic mass is 10.1. The standard InChI is InChI=1S/C16H19F3N4O2S/c1-22-8-9-23(10-14(22)15-20-6-7-21-15)26(24,25)11-12-4-2-3-5-13(12)16(17,18)19/h2-7,14H,8-11H2,1H3,(H,20,21)/t14-/m1/s1. The number of benzene rings is 1. The summed E-state index contributed by atoms with van der Waals surface area (Å²) in [4.78, 5) is 9.10. The zero-order valence-electron chi connectivity index (χ0n) is 14.1. The average Bonchev–Trinajstić information content (AvgIpc) is 3.08. The largest absolute Gasteiger partial charge is 0.416 e. The molecule has 1 fully saturated rings. The normalized spacial score (nSPS) is 20.4. The number of aromatic amines is 1. The summed E-state index contributed by atoms with van der Waals surface area (Å²) in [5.74, 6) is -0.0554. The predicted molar refractivity (Wildman–Crippen MR) is 89.6 cm³/mol. The first kappa shape index (κ1) is 18.9. The number of hydrogen-bond donors (Lipinski definition) is 1. The molecule has 1 aliphatic heterocycles. The number of likely N-dealkylation sites (N-methyl/N-ethyl adjacent to an activating group) is 1. The van der Waals surface area contributed by atoms with Gasteiger partial charge in [-0.1, -0.05) is 18.2 Å². The Morgan fingerprint density at radius 2 is 2.00 bits per heavy atom. The first-order chi connectivity index (χ1) is 12.2. The van der Waals surface area contributed by atoms with Crippen molar-refractivity contribution >= 4 is 10.0 Å². The van der Waals surface area contributed by atoms with E-state index in [2.05, 4.69) is 9.97 Å². The molecule has 0 unspecified atom stereocenters. The highest BCUT2D eigenvalue weighted by molar-refractivity contribution is 7.88. The predicted octanol–water partition coefficient (Wildman–Crippen LogP) is 2.25. The van der Waals surface area contributed by atoms with Gasteiger partial charge in [0.25, 0.3) is 0 Å². The highest BCUT2D eigenvalue weighted by atomic mass is 32.2. The lowest BCUT2D eigenvalue weighted by Crippen LogP contribution is -2.49. The van der Waals surface area contributed by atoms with E-state index in [4.69, 9.17) is 0 Å². The Kier molecular flexibility index (Phi) is 5.09. The molecule has 0 spiro atoms. The Morgan fingerprint density at radius 1 is 1.27 bits per heavy atom. The molecular formula is C16H19F3N4O2S. The van der Waals surface area contributed by atoms with Gasteiger partial charge in [-0.3, -0.25) is 4.90 Å². The zero-order valence-corrected chi connectivity index (χ0v) is 14.9. The second-order valence-corrected chi connectivity index (χ2v) is 8.21. The van der Waals surface area contributed by atoms with E-state index in [1.54, 1.807) is 12.4 Å². The van der Waals surface area contributed by atoms with Crippen molar-refractivity contribution in [3.05, 3.63) is 53.6 Å². The molecule has 0 radical (unpaired) electrons. The third-order valence-electron chi connectivity index (χ3n) is 4.50. The monoisotopic (exact) mass is 388 g/mol. The fourth-order valence-electron chi connectivity index (χ4n) is 3.07. The number of H-pyrrole nitrogens is 1. The Labute approximate surface area is 149 Å². The minimum absolute atomic E-state index is 0.139. The third kappa shape index (κ3) is 3.92. The number of imidazole rings is 1. The van der Waals surface area contributed by atoms with E-state index in [9.17, 15) is 21.6 Å². The fraction of sp³-hybridized carbons (Fsp3) is 0.438. The molecule has 3 rings (SSSR count). The van der Waals surface area contributed by atoms with Crippen LogP contribution in [0.4, 0.5) is 13.2 Å². The number of sulfonamides is 1. The van der Waals surface area contributed by atoms with Crippen LogP contribution in [-0.2, 0) is 22.0 Å². The maximum absolute atomic E-state index is 13.1. The van der Waals surface area contributed by atoms with Gasteiger partial charge in [0.1, 0.15) is 5.82 Å². The first-order valence-electron chi connectivity index (χ1n) is 8.01. The van der Waals surface area contributed by atoms with Crippen LogP contribution in [-0.4, -0.2) is 54.3 Å². The summed E-state index contributed by atoms with van der Waals surface area (Å²) in [6.07, 6.45) is -1.36. The van der Waals surface area contributed by atoms with Crippen molar-refractivity contribution in [2.75, 3.05) is 26.7 Å². The van der Waals surface area contributed by atoms with Gasteiger partial charge in [0.2, 0.25) is 10.0 Å². The van der Waals surface area contributed by atoms with Crippen LogP contribution < -0.4 is 0 Å². The van der Waals surface area contributed by atoms with Gasteiger partial charge in [-0.15, -0.1) is 0 Å². The van der Waals surface area contributed by atoms with Crippen LogP contribution in [0.25, 0.3) is 0 Å². The summed E-state index contributed by atoms with van der Waals surface area (Å²) in [7, 11) is -2.04. The van der Waals surface area contributed by atoms with Crippen molar-refractivity contribution in [3.8, 4) is 0 Å². The summed E-state index contributed by atoms with van der Waals surface area (Å²) < 4.78 is 66.2. The van der Waals surface area contributed by atoms with Crippen molar-refractivity contribution in [3.63, 3.8) is 0 Å². The number of aromatic nitrogens is 2. The molecule has 1 atom stereocenters. The Balaban J connectivity index is 1.83. The molecule has 0 aliphatic carbocycles. The summed E-state index contributed by atoms with van der Waals surface area (Å²) in [5.41, 5.74) is -1.16. The van der Waals surface area contributed by atoms with Crippen molar-refractivity contribution in [2.45, 2.75) is 18.0 Å². The lowest BCUT2D eigenvalue weighted by molar-refractivity contribution is -0.138. The smallest absolute Gasteiger partial charge is 0.347 e. The fourth-order valence-corrected chi connectivity index (χ4v) is 4.62. The molecule has 2 aromatic rings. The Morgan fingerprint density at radius 3 is 2.65 bits per heavy atom. The van der Waals surface area contributed by atoms with E-state index in [1.807, 2.05) is 11.9 Å². The summed E-state index contributed by atoms with van der Waals surface area (Å²) in [6, 6.07) is 4.50. The molecule has 0 bridgehead atoms. The van der Waals surface area contributed by atoms with Crippen molar-refractivity contribution < 1.29 is 21.6 Å². The van der Waals surface area contributed by atoms with Crippen molar-refractivity contribution in [1.29, 1.82) is 0 Å². The number of nitrogens with one attached hydrogen (secondary N) is 1. The molecule has 10 heteroatoms. The lowest BCUT2D eigenvalue weighted by Gasteiger charge is -2.37. The second-order valence-electron chi connectivity index (χ2n) is 6.24. The van der Waals surface area contributed by atoms with Gasteiger partial charge in [0, 0.05) is 32.0 Å². The molecule has 1 N–H and O–H groups in total. The van der Waals surface area contributed by atoms with Crippen LogP contribution in [0, 0.1) is 0 Å². The van der Waals surface area contributed by atoms with Gasteiger partial charge in [-0.25, -0.2) is 13.4 Å². The zero-order chi connectivity index (χ0) is 18.9. The molecule has 0 saturated carbocycles. The Bertz CT molecular complexity index is 853. The van der Waals surface area contributed by atoms with Gasteiger partial charge < -0.3 is 4.98 Å². The van der Waals surface area contributed by atoms with E-state index in [0.717, 1.165) is 6.07 Å².